The second kappa shape index (κ2) is 6.19. The van der Waals surface area contributed by atoms with E-state index in [9.17, 15) is 9.59 Å². The molecule has 0 amide bonds. The van der Waals surface area contributed by atoms with E-state index in [-0.39, 0.29) is 12.5 Å². The van der Waals surface area contributed by atoms with Crippen LogP contribution in [0.4, 0.5) is 0 Å². The fourth-order valence-electron chi connectivity index (χ4n) is 0.795. The minimum absolute atomic E-state index is 0.0707. The van der Waals surface area contributed by atoms with Crippen LogP contribution in [0.1, 0.15) is 20.8 Å². The van der Waals surface area contributed by atoms with Crippen molar-refractivity contribution in [3.8, 4) is 0 Å². The first-order chi connectivity index (χ1) is 6.81. The first kappa shape index (κ1) is 13.6. The summed E-state index contributed by atoms with van der Waals surface area (Å²) in [5.74, 6) is -1.36. The summed E-state index contributed by atoms with van der Waals surface area (Å²) < 4.78 is 5.02. The highest BCUT2D eigenvalue weighted by molar-refractivity contribution is 5.79. The average Bonchev–Trinajstić information content (AvgIpc) is 1.99. The van der Waals surface area contributed by atoms with Gasteiger partial charge in [-0.1, -0.05) is 6.08 Å². The Labute approximate surface area is 89.1 Å². The van der Waals surface area contributed by atoms with Crippen molar-refractivity contribution in [1.82, 2.24) is 5.32 Å². The number of carbonyl (C=O) groups is 2. The molecule has 0 bridgehead atoms. The number of nitrogens with one attached hydrogen (secondary N) is 1. The fourth-order valence-corrected chi connectivity index (χ4v) is 0.795. The van der Waals surface area contributed by atoms with Crippen LogP contribution >= 0.6 is 0 Å². The van der Waals surface area contributed by atoms with E-state index in [0.29, 0.717) is 6.54 Å². The Morgan fingerprint density at radius 1 is 1.40 bits per heavy atom. The lowest BCUT2D eigenvalue weighted by atomic mass is 10.2. The number of rotatable bonds is 5. The van der Waals surface area contributed by atoms with Crippen molar-refractivity contribution in [2.45, 2.75) is 26.4 Å². The summed E-state index contributed by atoms with van der Waals surface area (Å²) in [4.78, 5) is 21.2. The summed E-state index contributed by atoms with van der Waals surface area (Å²) in [5, 5.41) is 11.0. The first-order valence-electron chi connectivity index (χ1n) is 4.63. The van der Waals surface area contributed by atoms with Crippen molar-refractivity contribution < 1.29 is 19.4 Å². The Morgan fingerprint density at radius 3 is 2.47 bits per heavy atom. The summed E-state index contributed by atoms with van der Waals surface area (Å²) >= 11 is 0. The zero-order chi connectivity index (χ0) is 11.9. The fraction of sp³-hybridized carbons (Fsp3) is 0.600. The van der Waals surface area contributed by atoms with Crippen LogP contribution < -0.4 is 5.32 Å². The third-order valence-corrected chi connectivity index (χ3v) is 1.21. The van der Waals surface area contributed by atoms with Gasteiger partial charge in [0, 0.05) is 12.6 Å². The maximum absolute atomic E-state index is 11.1. The van der Waals surface area contributed by atoms with Gasteiger partial charge >= 0.3 is 11.9 Å². The van der Waals surface area contributed by atoms with Gasteiger partial charge < -0.3 is 15.2 Å². The van der Waals surface area contributed by atoms with Gasteiger partial charge in [0.25, 0.3) is 0 Å². The van der Waals surface area contributed by atoms with Crippen LogP contribution in [0.2, 0.25) is 0 Å². The smallest absolute Gasteiger partial charge is 0.328 e. The Bertz CT molecular complexity index is 253. The molecule has 0 rings (SSSR count). The molecule has 0 saturated carbocycles. The van der Waals surface area contributed by atoms with Crippen molar-refractivity contribution in [2.24, 2.45) is 0 Å². The van der Waals surface area contributed by atoms with Crippen molar-refractivity contribution in [3.05, 3.63) is 12.2 Å². The van der Waals surface area contributed by atoms with E-state index in [0.717, 1.165) is 6.08 Å². The monoisotopic (exact) mass is 215 g/mol. The van der Waals surface area contributed by atoms with E-state index in [1.807, 2.05) is 0 Å². The van der Waals surface area contributed by atoms with Crippen LogP contribution in [0.15, 0.2) is 12.2 Å². The maximum atomic E-state index is 11.1. The maximum Gasteiger partial charge on any atom is 0.328 e. The molecule has 0 unspecified atom stereocenters. The van der Waals surface area contributed by atoms with Gasteiger partial charge in [-0.05, 0) is 20.8 Å². The number of ether oxygens (including phenoxy) is 1. The highest BCUT2D eigenvalue weighted by Crippen LogP contribution is 2.05. The number of carboxylic acid groups (broad SMARTS) is 1. The molecule has 0 aromatic heterocycles. The van der Waals surface area contributed by atoms with E-state index in [1.54, 1.807) is 20.8 Å². The lowest BCUT2D eigenvalue weighted by Crippen LogP contribution is -2.31. The Morgan fingerprint density at radius 2 is 2.00 bits per heavy atom. The normalized spacial score (nSPS) is 11.7. The molecule has 15 heavy (non-hydrogen) atoms. The van der Waals surface area contributed by atoms with Crippen molar-refractivity contribution >= 4 is 11.9 Å². The molecule has 0 aliphatic carbocycles. The summed E-state index contributed by atoms with van der Waals surface area (Å²) in [5.41, 5.74) is -0.490. The molecule has 0 heterocycles. The average molecular weight is 215 g/mol. The van der Waals surface area contributed by atoms with Crippen LogP contribution in [0.3, 0.4) is 0 Å². The summed E-state index contributed by atoms with van der Waals surface area (Å²) in [6.07, 6.45) is 2.44. The van der Waals surface area contributed by atoms with E-state index in [1.165, 1.54) is 6.08 Å². The lowest BCUT2D eigenvalue weighted by molar-refractivity contribution is -0.153. The topological polar surface area (TPSA) is 75.6 Å². The van der Waals surface area contributed by atoms with Gasteiger partial charge in [0.1, 0.15) is 5.60 Å². The van der Waals surface area contributed by atoms with Gasteiger partial charge in [-0.3, -0.25) is 4.79 Å². The third-order valence-electron chi connectivity index (χ3n) is 1.21. The standard InChI is InChI=1S/C10H17NO4/c1-10(2,3)15-9(14)7-11-6-4-5-8(12)13/h4-5,11H,6-7H2,1-3H3,(H,12,13). The minimum atomic E-state index is -1.01. The molecule has 0 aliphatic rings. The third kappa shape index (κ3) is 10.6. The van der Waals surface area contributed by atoms with Gasteiger partial charge in [-0.25, -0.2) is 4.79 Å². The van der Waals surface area contributed by atoms with Gasteiger partial charge in [-0.2, -0.15) is 0 Å². The molecular formula is C10H17NO4. The van der Waals surface area contributed by atoms with Crippen LogP contribution in [0, 0.1) is 0 Å². The largest absolute Gasteiger partial charge is 0.478 e. The van der Waals surface area contributed by atoms with Crippen molar-refractivity contribution in [2.75, 3.05) is 13.1 Å². The highest BCUT2D eigenvalue weighted by atomic mass is 16.6. The van der Waals surface area contributed by atoms with Crippen LogP contribution in [0.5, 0.6) is 0 Å². The van der Waals surface area contributed by atoms with Crippen molar-refractivity contribution in [1.29, 1.82) is 0 Å². The van der Waals surface area contributed by atoms with Gasteiger partial charge in [0.2, 0.25) is 0 Å². The Balaban J connectivity index is 3.61. The number of esters is 1. The second-order valence-corrected chi connectivity index (χ2v) is 3.96. The molecule has 2 N–H and O–H groups in total. The first-order valence-corrected chi connectivity index (χ1v) is 4.63. The summed E-state index contributed by atoms with van der Waals surface area (Å²) in [6, 6.07) is 0. The highest BCUT2D eigenvalue weighted by Gasteiger charge is 2.15. The predicted molar refractivity (Wildman–Crippen MR) is 55.5 cm³/mol. The molecule has 5 heteroatoms. The predicted octanol–water partition coefficient (Wildman–Crippen LogP) is 0.558. The molecule has 5 nitrogen and oxygen atoms in total. The quantitative estimate of drug-likeness (QED) is 0.398. The summed E-state index contributed by atoms with van der Waals surface area (Å²) in [6.45, 7) is 5.76. The molecule has 0 aliphatic heterocycles. The Hall–Kier alpha value is -1.36. The number of hydrogen-bond acceptors (Lipinski definition) is 4. The molecular weight excluding hydrogens is 198 g/mol. The molecule has 0 atom stereocenters. The molecule has 0 aromatic carbocycles. The molecule has 0 aromatic rings. The summed E-state index contributed by atoms with van der Waals surface area (Å²) in [7, 11) is 0. The molecule has 0 fully saturated rings. The number of aliphatic carboxylic acids is 1. The zero-order valence-electron chi connectivity index (χ0n) is 9.24. The van der Waals surface area contributed by atoms with Gasteiger partial charge in [0.15, 0.2) is 0 Å². The number of carboxylic acids is 1. The number of hydrogen-bond donors (Lipinski definition) is 2. The molecule has 0 saturated heterocycles. The number of carbonyl (C=O) groups excluding carboxylic acids is 1. The van der Waals surface area contributed by atoms with Crippen molar-refractivity contribution in [3.63, 3.8) is 0 Å². The SMILES string of the molecule is CC(C)(C)OC(=O)CNCC=CC(=O)O. The van der Waals surface area contributed by atoms with Gasteiger partial charge in [0.05, 0.1) is 6.54 Å². The zero-order valence-corrected chi connectivity index (χ0v) is 9.24. The lowest BCUT2D eigenvalue weighted by Gasteiger charge is -2.19. The second-order valence-electron chi connectivity index (χ2n) is 3.96. The van der Waals surface area contributed by atoms with E-state index in [2.05, 4.69) is 5.32 Å². The molecule has 0 spiro atoms. The van der Waals surface area contributed by atoms with E-state index >= 15 is 0 Å². The van der Waals surface area contributed by atoms with E-state index in [4.69, 9.17) is 9.84 Å². The van der Waals surface area contributed by atoms with E-state index < -0.39 is 11.6 Å². The van der Waals surface area contributed by atoms with Crippen LogP contribution in [-0.2, 0) is 14.3 Å². The molecule has 0 radical (unpaired) electrons. The molecule has 86 valence electrons. The minimum Gasteiger partial charge on any atom is -0.478 e. The van der Waals surface area contributed by atoms with Gasteiger partial charge in [-0.15, -0.1) is 0 Å². The Kier molecular flexibility index (Phi) is 5.62. The van der Waals surface area contributed by atoms with Crippen LogP contribution in [-0.4, -0.2) is 35.7 Å². The van der Waals surface area contributed by atoms with Crippen LogP contribution in [0.25, 0.3) is 0 Å².